The zero-order valence-electron chi connectivity index (χ0n) is 15.8. The maximum absolute atomic E-state index is 12.2. The molecule has 10 heteroatoms. The number of alkyl carbamates (subject to hydrolysis) is 1. The Hall–Kier alpha value is -1.55. The number of amides is 2. The van der Waals surface area contributed by atoms with E-state index in [2.05, 4.69) is 5.32 Å². The molecule has 1 aliphatic heterocycles. The number of carbonyl (C=O) groups excluding carboxylic acids is 2. The van der Waals surface area contributed by atoms with Gasteiger partial charge in [-0.15, -0.1) is 0 Å². The topological polar surface area (TPSA) is 111 Å². The first kappa shape index (κ1) is 21.5. The van der Waals surface area contributed by atoms with Crippen LogP contribution in [0.25, 0.3) is 0 Å². The molecule has 0 radical (unpaired) electrons. The number of hydrogen-bond acceptors (Lipinski definition) is 7. The van der Waals surface area contributed by atoms with Crippen LogP contribution in [0.15, 0.2) is 0 Å². The quantitative estimate of drug-likeness (QED) is 0.738. The fraction of sp³-hybridized carbons (Fsp3) is 0.867. The summed E-state index contributed by atoms with van der Waals surface area (Å²) in [6.07, 6.45) is -1.34. The predicted octanol–water partition coefficient (Wildman–Crippen LogP) is 1.48. The molecule has 1 aliphatic rings. The summed E-state index contributed by atoms with van der Waals surface area (Å²) in [7, 11) is -3.77. The van der Waals surface area contributed by atoms with Gasteiger partial charge in [0.05, 0.1) is 18.8 Å². The predicted molar refractivity (Wildman–Crippen MR) is 90.7 cm³/mol. The van der Waals surface area contributed by atoms with Crippen LogP contribution in [-0.4, -0.2) is 68.2 Å². The average molecular weight is 380 g/mol. The van der Waals surface area contributed by atoms with Crippen molar-refractivity contribution in [2.24, 2.45) is 0 Å². The standard InChI is InChI=1S/C15H28N2O7S/c1-14(2,3)22-12(18)16-10-8-17(13(19)23-15(4,5)6)9-11(10)24-25(7,20)21/h10-11H,8-9H2,1-7H3,(H,16,18). The van der Waals surface area contributed by atoms with Gasteiger partial charge in [-0.3, -0.25) is 4.18 Å². The van der Waals surface area contributed by atoms with Gasteiger partial charge in [0, 0.05) is 6.54 Å². The first-order valence-electron chi connectivity index (χ1n) is 7.91. The molecule has 2 amide bonds. The van der Waals surface area contributed by atoms with Gasteiger partial charge in [-0.2, -0.15) is 8.42 Å². The van der Waals surface area contributed by atoms with Crippen molar-refractivity contribution in [2.75, 3.05) is 19.3 Å². The van der Waals surface area contributed by atoms with Crippen LogP contribution >= 0.6 is 0 Å². The van der Waals surface area contributed by atoms with Gasteiger partial charge in [-0.25, -0.2) is 9.59 Å². The van der Waals surface area contributed by atoms with Crippen molar-refractivity contribution >= 4 is 22.3 Å². The summed E-state index contributed by atoms with van der Waals surface area (Å²) in [6, 6.07) is -0.739. The molecule has 1 rings (SSSR count). The Balaban J connectivity index is 2.84. The number of hydrogen-bond donors (Lipinski definition) is 1. The molecule has 2 atom stereocenters. The first-order chi connectivity index (χ1) is 11.1. The Kier molecular flexibility index (Phi) is 6.33. The lowest BCUT2D eigenvalue weighted by Crippen LogP contribution is -2.46. The summed E-state index contributed by atoms with van der Waals surface area (Å²) >= 11 is 0. The van der Waals surface area contributed by atoms with Gasteiger partial charge in [0.25, 0.3) is 10.1 Å². The molecule has 0 aromatic rings. The summed E-state index contributed by atoms with van der Waals surface area (Å²) in [4.78, 5) is 25.4. The molecule has 0 aliphatic carbocycles. The monoisotopic (exact) mass is 380 g/mol. The molecular weight excluding hydrogens is 352 g/mol. The average Bonchev–Trinajstić information content (AvgIpc) is 2.65. The highest BCUT2D eigenvalue weighted by molar-refractivity contribution is 7.86. The summed E-state index contributed by atoms with van der Waals surface area (Å²) in [6.45, 7) is 10.3. The van der Waals surface area contributed by atoms with Crippen molar-refractivity contribution in [3.05, 3.63) is 0 Å². The number of nitrogens with zero attached hydrogens (tertiary/aromatic N) is 1. The van der Waals surface area contributed by atoms with Gasteiger partial charge >= 0.3 is 12.2 Å². The molecule has 0 aromatic heterocycles. The van der Waals surface area contributed by atoms with E-state index in [0.717, 1.165) is 6.26 Å². The Labute approximate surface area is 149 Å². The maximum atomic E-state index is 12.2. The third-order valence-corrected chi connectivity index (χ3v) is 3.52. The second-order valence-corrected chi connectivity index (χ2v) is 9.58. The molecule has 1 N–H and O–H groups in total. The Morgan fingerprint density at radius 3 is 1.96 bits per heavy atom. The summed E-state index contributed by atoms with van der Waals surface area (Å²) < 4.78 is 38.3. The van der Waals surface area contributed by atoms with Gasteiger partial charge in [0.1, 0.15) is 17.3 Å². The lowest BCUT2D eigenvalue weighted by Gasteiger charge is -2.24. The van der Waals surface area contributed by atoms with Crippen LogP contribution in [0.2, 0.25) is 0 Å². The molecular formula is C15H28N2O7S. The van der Waals surface area contributed by atoms with Gasteiger partial charge in [-0.05, 0) is 41.5 Å². The van der Waals surface area contributed by atoms with Crippen molar-refractivity contribution in [3.8, 4) is 0 Å². The Bertz CT molecular complexity index is 604. The Morgan fingerprint density at radius 2 is 1.52 bits per heavy atom. The van der Waals surface area contributed by atoms with E-state index in [0.29, 0.717) is 0 Å². The minimum Gasteiger partial charge on any atom is -0.444 e. The molecule has 1 fully saturated rings. The number of likely N-dealkylation sites (tertiary alicyclic amines) is 1. The lowest BCUT2D eigenvalue weighted by atomic mass is 10.2. The zero-order chi connectivity index (χ0) is 19.6. The largest absolute Gasteiger partial charge is 0.444 e. The van der Waals surface area contributed by atoms with Crippen LogP contribution in [0.1, 0.15) is 41.5 Å². The van der Waals surface area contributed by atoms with Gasteiger partial charge in [0.2, 0.25) is 0 Å². The first-order valence-corrected chi connectivity index (χ1v) is 9.73. The fourth-order valence-electron chi connectivity index (χ4n) is 2.17. The highest BCUT2D eigenvalue weighted by Gasteiger charge is 2.41. The molecule has 0 aromatic carbocycles. The lowest BCUT2D eigenvalue weighted by molar-refractivity contribution is 0.0273. The van der Waals surface area contributed by atoms with Crippen molar-refractivity contribution < 1.29 is 31.7 Å². The van der Waals surface area contributed by atoms with Gasteiger partial charge in [0.15, 0.2) is 0 Å². The van der Waals surface area contributed by atoms with E-state index in [1.54, 1.807) is 41.5 Å². The van der Waals surface area contributed by atoms with Crippen LogP contribution in [0.3, 0.4) is 0 Å². The van der Waals surface area contributed by atoms with Crippen molar-refractivity contribution in [1.82, 2.24) is 10.2 Å². The molecule has 25 heavy (non-hydrogen) atoms. The number of rotatable bonds is 3. The van der Waals surface area contributed by atoms with E-state index in [4.69, 9.17) is 13.7 Å². The van der Waals surface area contributed by atoms with Gasteiger partial charge in [-0.1, -0.05) is 0 Å². The van der Waals surface area contributed by atoms with E-state index in [-0.39, 0.29) is 13.1 Å². The van der Waals surface area contributed by atoms with Crippen molar-refractivity contribution in [2.45, 2.75) is 64.9 Å². The molecule has 0 bridgehead atoms. The minimum absolute atomic E-state index is 0.0253. The molecule has 1 saturated heterocycles. The van der Waals surface area contributed by atoms with Crippen molar-refractivity contribution in [3.63, 3.8) is 0 Å². The molecule has 0 spiro atoms. The molecule has 2 unspecified atom stereocenters. The molecule has 146 valence electrons. The number of ether oxygens (including phenoxy) is 2. The SMILES string of the molecule is CC(C)(C)OC(=O)NC1CN(C(=O)OC(C)(C)C)CC1OS(C)(=O)=O. The summed E-state index contributed by atoms with van der Waals surface area (Å²) in [5.41, 5.74) is -1.40. The third kappa shape index (κ3) is 8.39. The van der Waals surface area contributed by atoms with Crippen LogP contribution < -0.4 is 5.32 Å². The normalized spacial score (nSPS) is 21.8. The van der Waals surface area contributed by atoms with Crippen molar-refractivity contribution in [1.29, 1.82) is 0 Å². The minimum atomic E-state index is -3.77. The molecule has 9 nitrogen and oxygen atoms in total. The van der Waals surface area contributed by atoms with Crippen LogP contribution in [0.4, 0.5) is 9.59 Å². The zero-order valence-corrected chi connectivity index (χ0v) is 16.6. The number of carbonyl (C=O) groups is 2. The molecule has 0 saturated carbocycles. The number of nitrogens with one attached hydrogen (secondary N) is 1. The Morgan fingerprint density at radius 1 is 1.00 bits per heavy atom. The smallest absolute Gasteiger partial charge is 0.410 e. The van der Waals surface area contributed by atoms with E-state index < -0.39 is 45.7 Å². The maximum Gasteiger partial charge on any atom is 0.410 e. The summed E-state index contributed by atoms with van der Waals surface area (Å²) in [5, 5.41) is 2.56. The van der Waals surface area contributed by atoms with E-state index >= 15 is 0 Å². The van der Waals surface area contributed by atoms with E-state index in [1.165, 1.54) is 4.90 Å². The highest BCUT2D eigenvalue weighted by Crippen LogP contribution is 2.20. The van der Waals surface area contributed by atoms with Crippen LogP contribution in [0, 0.1) is 0 Å². The van der Waals surface area contributed by atoms with Crippen LogP contribution in [0.5, 0.6) is 0 Å². The van der Waals surface area contributed by atoms with E-state index in [9.17, 15) is 18.0 Å². The highest BCUT2D eigenvalue weighted by atomic mass is 32.2. The third-order valence-electron chi connectivity index (χ3n) is 2.92. The second kappa shape index (κ2) is 7.36. The van der Waals surface area contributed by atoms with Gasteiger partial charge < -0.3 is 19.7 Å². The van der Waals surface area contributed by atoms with Crippen LogP contribution in [-0.2, 0) is 23.8 Å². The van der Waals surface area contributed by atoms with E-state index in [1.807, 2.05) is 0 Å². The second-order valence-electron chi connectivity index (χ2n) is 7.98. The molecule has 1 heterocycles. The summed E-state index contributed by atoms with van der Waals surface area (Å²) in [5.74, 6) is 0. The fourth-order valence-corrected chi connectivity index (χ4v) is 2.81.